The van der Waals surface area contributed by atoms with Gasteiger partial charge in [0.1, 0.15) is 0 Å². The number of carboxylic acids is 1. The highest BCUT2D eigenvalue weighted by atomic mass is 35.5. The number of amides is 2. The fourth-order valence-electron chi connectivity index (χ4n) is 2.37. The maximum absolute atomic E-state index is 12.3. The molecule has 1 aliphatic heterocycles. The van der Waals surface area contributed by atoms with E-state index in [1.165, 1.54) is 4.90 Å². The molecule has 7 heteroatoms. The molecule has 0 radical (unpaired) electrons. The highest BCUT2D eigenvalue weighted by molar-refractivity contribution is 6.35. The number of rotatable bonds is 2. The highest BCUT2D eigenvalue weighted by Gasteiger charge is 2.39. The third kappa shape index (κ3) is 3.60. The van der Waals surface area contributed by atoms with Crippen LogP contribution in [0.2, 0.25) is 10.0 Å². The number of carbonyl (C=O) groups excluding carboxylic acids is 1. The molecule has 2 amide bonds. The maximum Gasteiger partial charge on any atom is 0.321 e. The Hall–Kier alpha value is -1.46. The van der Waals surface area contributed by atoms with Crippen molar-refractivity contribution in [3.05, 3.63) is 28.2 Å². The fourth-order valence-corrected chi connectivity index (χ4v) is 2.71. The zero-order chi connectivity index (χ0) is 15.6. The Morgan fingerprint density at radius 1 is 1.38 bits per heavy atom. The van der Waals surface area contributed by atoms with Crippen LogP contribution in [-0.2, 0) is 4.79 Å². The first kappa shape index (κ1) is 15.9. The molecular formula is C14H16Cl2N2O3. The first-order chi connectivity index (χ1) is 9.82. The summed E-state index contributed by atoms with van der Waals surface area (Å²) in [6.45, 7) is 2.35. The Bertz CT molecular complexity index is 579. The molecule has 1 aliphatic rings. The second-order valence-electron chi connectivity index (χ2n) is 5.45. The Kier molecular flexibility index (Phi) is 4.64. The number of aliphatic carboxylic acids is 1. The van der Waals surface area contributed by atoms with Crippen LogP contribution in [-0.4, -0.2) is 35.1 Å². The molecule has 1 heterocycles. The number of piperidine rings is 1. The molecular weight excluding hydrogens is 315 g/mol. The van der Waals surface area contributed by atoms with Crippen molar-refractivity contribution < 1.29 is 14.7 Å². The largest absolute Gasteiger partial charge is 0.481 e. The number of hydrogen-bond donors (Lipinski definition) is 2. The second-order valence-corrected chi connectivity index (χ2v) is 6.29. The van der Waals surface area contributed by atoms with Gasteiger partial charge in [0.05, 0.1) is 16.1 Å². The molecule has 1 fully saturated rings. The summed E-state index contributed by atoms with van der Waals surface area (Å²) < 4.78 is 0. The molecule has 0 saturated carbocycles. The van der Waals surface area contributed by atoms with Gasteiger partial charge in [-0.15, -0.1) is 0 Å². The van der Waals surface area contributed by atoms with Crippen molar-refractivity contribution in [1.82, 2.24) is 4.90 Å². The van der Waals surface area contributed by atoms with Gasteiger partial charge in [-0.3, -0.25) is 4.79 Å². The highest BCUT2D eigenvalue weighted by Crippen LogP contribution is 2.31. The van der Waals surface area contributed by atoms with Gasteiger partial charge in [0.2, 0.25) is 0 Å². The summed E-state index contributed by atoms with van der Waals surface area (Å²) in [6, 6.07) is 4.41. The normalized spacial score (nSPS) is 22.0. The van der Waals surface area contributed by atoms with Gasteiger partial charge in [-0.2, -0.15) is 0 Å². The molecule has 2 rings (SSSR count). The van der Waals surface area contributed by atoms with Crippen LogP contribution in [0.25, 0.3) is 0 Å². The number of urea groups is 1. The second kappa shape index (κ2) is 6.12. The van der Waals surface area contributed by atoms with Gasteiger partial charge in [0.25, 0.3) is 0 Å². The molecule has 0 aliphatic carbocycles. The molecule has 0 aromatic heterocycles. The Balaban J connectivity index is 2.10. The van der Waals surface area contributed by atoms with E-state index in [1.54, 1.807) is 25.1 Å². The van der Waals surface area contributed by atoms with Gasteiger partial charge in [-0.05, 0) is 38.0 Å². The first-order valence-corrected chi connectivity index (χ1v) is 7.32. The number of carbonyl (C=O) groups is 2. The summed E-state index contributed by atoms with van der Waals surface area (Å²) in [7, 11) is 0. The topological polar surface area (TPSA) is 69.6 Å². The van der Waals surface area contributed by atoms with Gasteiger partial charge in [-0.1, -0.05) is 23.2 Å². The molecule has 21 heavy (non-hydrogen) atoms. The van der Waals surface area contributed by atoms with E-state index in [-0.39, 0.29) is 12.6 Å². The van der Waals surface area contributed by atoms with E-state index in [4.69, 9.17) is 23.2 Å². The molecule has 0 spiro atoms. The van der Waals surface area contributed by atoms with Gasteiger partial charge in [-0.25, -0.2) is 4.79 Å². The molecule has 114 valence electrons. The van der Waals surface area contributed by atoms with Crippen molar-refractivity contribution in [2.45, 2.75) is 19.8 Å². The number of hydrogen-bond acceptors (Lipinski definition) is 2. The SMILES string of the molecule is CC1(C(=O)O)CCCN(C(=O)Nc2cc(Cl)ccc2Cl)C1. The number of nitrogens with one attached hydrogen (secondary N) is 1. The van der Waals surface area contributed by atoms with Gasteiger partial charge < -0.3 is 15.3 Å². The van der Waals surface area contributed by atoms with E-state index in [2.05, 4.69) is 5.32 Å². The van der Waals surface area contributed by atoms with Gasteiger partial charge in [0.15, 0.2) is 0 Å². The number of benzene rings is 1. The smallest absolute Gasteiger partial charge is 0.321 e. The van der Waals surface area contributed by atoms with Crippen molar-refractivity contribution in [3.63, 3.8) is 0 Å². The van der Waals surface area contributed by atoms with Gasteiger partial charge >= 0.3 is 12.0 Å². The van der Waals surface area contributed by atoms with Gasteiger partial charge in [0, 0.05) is 18.1 Å². The average molecular weight is 331 g/mol. The standard InChI is InChI=1S/C14H16Cl2N2O3/c1-14(12(19)20)5-2-6-18(8-14)13(21)17-11-7-9(15)3-4-10(11)16/h3-4,7H,2,5-6,8H2,1H3,(H,17,21)(H,19,20). The molecule has 2 N–H and O–H groups in total. The summed E-state index contributed by atoms with van der Waals surface area (Å²) in [5, 5.41) is 12.8. The lowest BCUT2D eigenvalue weighted by Gasteiger charge is -2.37. The fraction of sp³-hybridized carbons (Fsp3) is 0.429. The summed E-state index contributed by atoms with van der Waals surface area (Å²) in [6.07, 6.45) is 1.21. The quantitative estimate of drug-likeness (QED) is 0.868. The number of anilines is 1. The van der Waals surface area contributed by atoms with Crippen LogP contribution >= 0.6 is 23.2 Å². The van der Waals surface area contributed by atoms with Crippen molar-refractivity contribution in [3.8, 4) is 0 Å². The number of carboxylic acid groups (broad SMARTS) is 1. The maximum atomic E-state index is 12.3. The van der Waals surface area contributed by atoms with Crippen molar-refractivity contribution in [2.75, 3.05) is 18.4 Å². The number of likely N-dealkylation sites (tertiary alicyclic amines) is 1. The van der Waals surface area contributed by atoms with E-state index in [1.807, 2.05) is 0 Å². The van der Waals surface area contributed by atoms with Crippen LogP contribution < -0.4 is 5.32 Å². The molecule has 1 atom stereocenters. The Labute approximate surface area is 132 Å². The Morgan fingerprint density at radius 3 is 2.76 bits per heavy atom. The van der Waals surface area contributed by atoms with Crippen LogP contribution in [0.4, 0.5) is 10.5 Å². The van der Waals surface area contributed by atoms with E-state index < -0.39 is 11.4 Å². The van der Waals surface area contributed by atoms with Crippen molar-refractivity contribution in [2.24, 2.45) is 5.41 Å². The predicted octanol–water partition coefficient (Wildman–Crippen LogP) is 3.71. The minimum absolute atomic E-state index is 0.173. The lowest BCUT2D eigenvalue weighted by atomic mass is 9.82. The number of nitrogens with zero attached hydrogens (tertiary/aromatic N) is 1. The molecule has 1 aromatic carbocycles. The van der Waals surface area contributed by atoms with Crippen molar-refractivity contribution in [1.29, 1.82) is 0 Å². The zero-order valence-corrected chi connectivity index (χ0v) is 13.0. The van der Waals surface area contributed by atoms with Crippen LogP contribution in [0.3, 0.4) is 0 Å². The molecule has 0 bridgehead atoms. The monoisotopic (exact) mass is 330 g/mol. The van der Waals surface area contributed by atoms with E-state index in [0.29, 0.717) is 35.1 Å². The van der Waals surface area contributed by atoms with E-state index in [0.717, 1.165) is 0 Å². The molecule has 1 saturated heterocycles. The van der Waals surface area contributed by atoms with Crippen LogP contribution in [0.5, 0.6) is 0 Å². The van der Waals surface area contributed by atoms with E-state index >= 15 is 0 Å². The van der Waals surface area contributed by atoms with E-state index in [9.17, 15) is 14.7 Å². The lowest BCUT2D eigenvalue weighted by molar-refractivity contribution is -0.150. The summed E-state index contributed by atoms with van der Waals surface area (Å²) in [5.74, 6) is -0.888. The van der Waals surface area contributed by atoms with Crippen molar-refractivity contribution >= 4 is 40.9 Å². The third-order valence-electron chi connectivity index (χ3n) is 3.67. The average Bonchev–Trinajstić information content (AvgIpc) is 2.42. The Morgan fingerprint density at radius 2 is 2.10 bits per heavy atom. The molecule has 1 unspecified atom stereocenters. The summed E-state index contributed by atoms with van der Waals surface area (Å²) in [5.41, 5.74) is -0.495. The molecule has 1 aromatic rings. The summed E-state index contributed by atoms with van der Waals surface area (Å²) >= 11 is 11.9. The lowest BCUT2D eigenvalue weighted by Crippen LogP contribution is -2.49. The molecule has 5 nitrogen and oxygen atoms in total. The minimum Gasteiger partial charge on any atom is -0.481 e. The third-order valence-corrected chi connectivity index (χ3v) is 4.23. The predicted molar refractivity (Wildman–Crippen MR) is 82.0 cm³/mol. The van der Waals surface area contributed by atoms with Crippen LogP contribution in [0.15, 0.2) is 18.2 Å². The minimum atomic E-state index is -0.909. The van der Waals surface area contributed by atoms with Crippen LogP contribution in [0, 0.1) is 5.41 Å². The zero-order valence-electron chi connectivity index (χ0n) is 11.5. The number of halogens is 2. The first-order valence-electron chi connectivity index (χ1n) is 6.56. The van der Waals surface area contributed by atoms with Crippen LogP contribution in [0.1, 0.15) is 19.8 Å². The summed E-state index contributed by atoms with van der Waals surface area (Å²) in [4.78, 5) is 25.1.